The number of carbonyl (C=O) groups is 1. The fourth-order valence-corrected chi connectivity index (χ4v) is 3.53. The van der Waals surface area contributed by atoms with Crippen molar-refractivity contribution in [1.29, 1.82) is 0 Å². The van der Waals surface area contributed by atoms with Gasteiger partial charge in [-0.2, -0.15) is 0 Å². The summed E-state index contributed by atoms with van der Waals surface area (Å²) in [5.74, 6) is 1.19. The number of nitrogens with two attached hydrogens (primary N) is 1. The van der Waals surface area contributed by atoms with E-state index in [1.165, 1.54) is 5.56 Å². The molecule has 0 bridgehead atoms. The van der Waals surface area contributed by atoms with E-state index >= 15 is 0 Å². The molecule has 0 aliphatic carbocycles. The van der Waals surface area contributed by atoms with Crippen LogP contribution in [-0.2, 0) is 4.79 Å². The molecule has 2 aromatic rings. The van der Waals surface area contributed by atoms with Gasteiger partial charge in [0, 0.05) is 29.6 Å². The Hall–Kier alpha value is -1.75. The van der Waals surface area contributed by atoms with E-state index in [4.69, 9.17) is 22.1 Å². The Labute approximate surface area is 165 Å². The van der Waals surface area contributed by atoms with E-state index in [1.54, 1.807) is 0 Å². The van der Waals surface area contributed by atoms with Gasteiger partial charge in [-0.25, -0.2) is 0 Å². The molecule has 4 nitrogen and oxygen atoms in total. The average Bonchev–Trinajstić information content (AvgIpc) is 3.08. The van der Waals surface area contributed by atoms with Crippen molar-refractivity contribution < 1.29 is 9.53 Å². The molecule has 1 heterocycles. The maximum atomic E-state index is 12.6. The van der Waals surface area contributed by atoms with Crippen LogP contribution < -0.4 is 10.5 Å². The van der Waals surface area contributed by atoms with Gasteiger partial charge < -0.3 is 15.4 Å². The molecular formula is C20H24Cl2N2O2. The number of halogens is 2. The molecule has 1 aliphatic heterocycles. The highest BCUT2D eigenvalue weighted by atomic mass is 35.5. The van der Waals surface area contributed by atoms with Crippen molar-refractivity contribution in [1.82, 2.24) is 4.90 Å². The van der Waals surface area contributed by atoms with Crippen molar-refractivity contribution in [3.63, 3.8) is 0 Å². The smallest absolute Gasteiger partial charge is 0.260 e. The Morgan fingerprint density at radius 2 is 1.92 bits per heavy atom. The lowest BCUT2D eigenvalue weighted by Crippen LogP contribution is -2.33. The van der Waals surface area contributed by atoms with Crippen molar-refractivity contribution in [2.75, 3.05) is 26.2 Å². The summed E-state index contributed by atoms with van der Waals surface area (Å²) < 4.78 is 5.69. The molecule has 2 atom stereocenters. The molecule has 1 fully saturated rings. The first-order valence-corrected chi connectivity index (χ1v) is 8.88. The molecule has 0 radical (unpaired) electrons. The van der Waals surface area contributed by atoms with Crippen molar-refractivity contribution in [2.45, 2.75) is 12.8 Å². The number of amides is 1. The first-order valence-electron chi connectivity index (χ1n) is 8.51. The van der Waals surface area contributed by atoms with Gasteiger partial charge in [0.2, 0.25) is 0 Å². The molecule has 1 amide bonds. The lowest BCUT2D eigenvalue weighted by atomic mass is 9.89. The Morgan fingerprint density at radius 1 is 1.19 bits per heavy atom. The zero-order valence-corrected chi connectivity index (χ0v) is 16.3. The van der Waals surface area contributed by atoms with E-state index < -0.39 is 0 Å². The number of carbonyl (C=O) groups excluding carboxylic acids is 1. The van der Waals surface area contributed by atoms with E-state index in [0.29, 0.717) is 30.4 Å². The quantitative estimate of drug-likeness (QED) is 0.841. The minimum atomic E-state index is -0.0174. The van der Waals surface area contributed by atoms with Crippen LogP contribution in [-0.4, -0.2) is 37.0 Å². The highest BCUT2D eigenvalue weighted by Crippen LogP contribution is 2.32. The van der Waals surface area contributed by atoms with Crippen LogP contribution in [0, 0.1) is 12.8 Å². The van der Waals surface area contributed by atoms with Gasteiger partial charge in [-0.05, 0) is 37.1 Å². The SMILES string of the molecule is Cc1c(Cl)cccc1OCC(=O)N1C[C@@H](CN)[C@H](c2ccccc2)C1.Cl. The molecule has 3 rings (SSSR count). The van der Waals surface area contributed by atoms with Gasteiger partial charge in [-0.15, -0.1) is 12.4 Å². The number of benzene rings is 2. The average molecular weight is 395 g/mol. The van der Waals surface area contributed by atoms with Crippen molar-refractivity contribution in [3.8, 4) is 5.75 Å². The van der Waals surface area contributed by atoms with E-state index in [-0.39, 0.29) is 36.8 Å². The molecule has 1 saturated heterocycles. The largest absolute Gasteiger partial charge is 0.483 e. The van der Waals surface area contributed by atoms with E-state index in [1.807, 2.05) is 48.2 Å². The fourth-order valence-electron chi connectivity index (χ4n) is 3.37. The maximum Gasteiger partial charge on any atom is 0.260 e. The standard InChI is InChI=1S/C20H23ClN2O2.ClH/c1-14-18(21)8-5-9-19(14)25-13-20(24)23-11-16(10-22)17(12-23)15-6-3-2-4-7-15;/h2-9,16-17H,10-13,22H2,1H3;1H/t16-,17+;/m1./s1. The molecule has 2 aromatic carbocycles. The zero-order valence-electron chi connectivity index (χ0n) is 14.7. The number of nitrogens with zero attached hydrogens (tertiary/aromatic N) is 1. The predicted octanol–water partition coefficient (Wildman–Crippen LogP) is 3.65. The fraction of sp³-hybridized carbons (Fsp3) is 0.350. The third-order valence-corrected chi connectivity index (χ3v) is 5.30. The van der Waals surface area contributed by atoms with Gasteiger partial charge in [0.25, 0.3) is 5.91 Å². The predicted molar refractivity (Wildman–Crippen MR) is 107 cm³/mol. The van der Waals surface area contributed by atoms with E-state index in [2.05, 4.69) is 12.1 Å². The molecule has 0 spiro atoms. The van der Waals surface area contributed by atoms with Crippen LogP contribution in [0.3, 0.4) is 0 Å². The van der Waals surface area contributed by atoms with Crippen LogP contribution in [0.5, 0.6) is 5.75 Å². The molecule has 1 aliphatic rings. The topological polar surface area (TPSA) is 55.6 Å². The summed E-state index contributed by atoms with van der Waals surface area (Å²) in [7, 11) is 0. The number of hydrogen-bond donors (Lipinski definition) is 1. The van der Waals surface area contributed by atoms with Gasteiger partial charge in [0.15, 0.2) is 6.61 Å². The Morgan fingerprint density at radius 3 is 2.62 bits per heavy atom. The molecule has 140 valence electrons. The minimum Gasteiger partial charge on any atom is -0.483 e. The Kier molecular flexibility index (Phi) is 7.33. The summed E-state index contributed by atoms with van der Waals surface area (Å²) in [5.41, 5.74) is 8.03. The molecule has 0 aromatic heterocycles. The Bertz CT molecular complexity index is 740. The van der Waals surface area contributed by atoms with Crippen LogP contribution >= 0.6 is 24.0 Å². The molecule has 26 heavy (non-hydrogen) atoms. The van der Waals surface area contributed by atoms with Gasteiger partial charge in [0.1, 0.15) is 5.75 Å². The van der Waals surface area contributed by atoms with Crippen molar-refractivity contribution in [3.05, 3.63) is 64.7 Å². The monoisotopic (exact) mass is 394 g/mol. The Balaban J connectivity index is 0.00000243. The number of likely N-dealkylation sites (tertiary alicyclic amines) is 1. The van der Waals surface area contributed by atoms with Gasteiger partial charge in [0.05, 0.1) is 0 Å². The minimum absolute atomic E-state index is 0. The summed E-state index contributed by atoms with van der Waals surface area (Å²) >= 11 is 6.09. The number of ether oxygens (including phenoxy) is 1. The summed E-state index contributed by atoms with van der Waals surface area (Å²) in [6, 6.07) is 15.7. The van der Waals surface area contributed by atoms with E-state index in [0.717, 1.165) is 5.56 Å². The summed E-state index contributed by atoms with van der Waals surface area (Å²) in [6.45, 7) is 3.82. The highest BCUT2D eigenvalue weighted by Gasteiger charge is 2.35. The molecule has 0 unspecified atom stereocenters. The van der Waals surface area contributed by atoms with Crippen molar-refractivity contribution in [2.24, 2.45) is 11.7 Å². The van der Waals surface area contributed by atoms with Gasteiger partial charge >= 0.3 is 0 Å². The maximum absolute atomic E-state index is 12.6. The molecular weight excluding hydrogens is 371 g/mol. The molecule has 2 N–H and O–H groups in total. The first kappa shape index (κ1) is 20.6. The second kappa shape index (κ2) is 9.26. The first-order chi connectivity index (χ1) is 12.1. The molecule has 6 heteroatoms. The highest BCUT2D eigenvalue weighted by molar-refractivity contribution is 6.31. The third kappa shape index (κ3) is 4.50. The normalized spacial score (nSPS) is 19.1. The van der Waals surface area contributed by atoms with Crippen molar-refractivity contribution >= 4 is 29.9 Å². The second-order valence-electron chi connectivity index (χ2n) is 6.46. The zero-order chi connectivity index (χ0) is 17.8. The number of rotatable bonds is 5. The van der Waals surface area contributed by atoms with E-state index in [9.17, 15) is 4.79 Å². The third-order valence-electron chi connectivity index (χ3n) is 4.89. The van der Waals surface area contributed by atoms with Gasteiger partial charge in [-0.1, -0.05) is 48.0 Å². The van der Waals surface area contributed by atoms with Crippen LogP contribution in [0.2, 0.25) is 5.02 Å². The van der Waals surface area contributed by atoms with Crippen LogP contribution in [0.1, 0.15) is 17.0 Å². The number of hydrogen-bond acceptors (Lipinski definition) is 3. The molecule has 0 saturated carbocycles. The van der Waals surface area contributed by atoms with Gasteiger partial charge in [-0.3, -0.25) is 4.79 Å². The lowest BCUT2D eigenvalue weighted by Gasteiger charge is -2.17. The van der Waals surface area contributed by atoms with Crippen LogP contribution in [0.15, 0.2) is 48.5 Å². The van der Waals surface area contributed by atoms with Crippen LogP contribution in [0.25, 0.3) is 0 Å². The van der Waals surface area contributed by atoms with Crippen LogP contribution in [0.4, 0.5) is 0 Å². The second-order valence-corrected chi connectivity index (χ2v) is 6.87. The summed E-state index contributed by atoms with van der Waals surface area (Å²) in [4.78, 5) is 14.4. The lowest BCUT2D eigenvalue weighted by molar-refractivity contribution is -0.132. The summed E-state index contributed by atoms with van der Waals surface area (Å²) in [6.07, 6.45) is 0. The summed E-state index contributed by atoms with van der Waals surface area (Å²) in [5, 5.41) is 0.637.